The van der Waals surface area contributed by atoms with Crippen LogP contribution < -0.4 is 0 Å². The van der Waals surface area contributed by atoms with Crippen molar-refractivity contribution in [2.45, 2.75) is 6.18 Å². The van der Waals surface area contributed by atoms with Gasteiger partial charge in [0.2, 0.25) is 0 Å². The monoisotopic (exact) mass is 412 g/mol. The molecule has 7 heteroatoms. The van der Waals surface area contributed by atoms with Gasteiger partial charge in [0.05, 0.1) is 5.56 Å². The SMILES string of the molecule is O=C(c1ccc(F)c(C(F)(F)F)c1)c1ccc(F)cc1I. The fourth-order valence-electron chi connectivity index (χ4n) is 1.71. The van der Waals surface area contributed by atoms with E-state index < -0.39 is 29.2 Å². The van der Waals surface area contributed by atoms with Gasteiger partial charge in [-0.2, -0.15) is 13.2 Å². The van der Waals surface area contributed by atoms with Gasteiger partial charge < -0.3 is 0 Å². The maximum atomic E-state index is 13.2. The molecule has 2 aromatic rings. The minimum absolute atomic E-state index is 0.0525. The van der Waals surface area contributed by atoms with Crippen LogP contribution in [-0.2, 0) is 6.18 Å². The lowest BCUT2D eigenvalue weighted by Crippen LogP contribution is -2.11. The fraction of sp³-hybridized carbons (Fsp3) is 0.0714. The summed E-state index contributed by atoms with van der Waals surface area (Å²) in [6.07, 6.45) is -4.89. The summed E-state index contributed by atoms with van der Waals surface area (Å²) < 4.78 is 64.3. The Bertz CT molecular complexity index is 709. The summed E-state index contributed by atoms with van der Waals surface area (Å²) in [6, 6.07) is 5.30. The van der Waals surface area contributed by atoms with E-state index in [-0.39, 0.29) is 14.7 Å². The van der Waals surface area contributed by atoms with Crippen molar-refractivity contribution in [2.75, 3.05) is 0 Å². The number of benzene rings is 2. The van der Waals surface area contributed by atoms with E-state index in [4.69, 9.17) is 0 Å². The van der Waals surface area contributed by atoms with E-state index in [9.17, 15) is 26.7 Å². The lowest BCUT2D eigenvalue weighted by molar-refractivity contribution is -0.140. The van der Waals surface area contributed by atoms with Crippen molar-refractivity contribution in [3.63, 3.8) is 0 Å². The molecule has 2 aromatic carbocycles. The van der Waals surface area contributed by atoms with Crippen LogP contribution in [0.1, 0.15) is 21.5 Å². The number of hydrogen-bond acceptors (Lipinski definition) is 1. The van der Waals surface area contributed by atoms with Crippen molar-refractivity contribution in [2.24, 2.45) is 0 Å². The summed E-state index contributed by atoms with van der Waals surface area (Å²) in [7, 11) is 0. The van der Waals surface area contributed by atoms with Crippen LogP contribution in [-0.4, -0.2) is 5.78 Å². The number of ketones is 1. The minimum atomic E-state index is -4.89. The van der Waals surface area contributed by atoms with Crippen LogP contribution in [0, 0.1) is 15.2 Å². The summed E-state index contributed by atoms with van der Waals surface area (Å²) in [4.78, 5) is 12.2. The Labute approximate surface area is 129 Å². The van der Waals surface area contributed by atoms with E-state index in [0.29, 0.717) is 12.1 Å². The maximum absolute atomic E-state index is 13.2. The molecule has 110 valence electrons. The first-order chi connectivity index (χ1) is 9.70. The molecule has 0 aliphatic rings. The smallest absolute Gasteiger partial charge is 0.289 e. The second-order valence-corrected chi connectivity index (χ2v) is 5.31. The highest BCUT2D eigenvalue weighted by molar-refractivity contribution is 14.1. The average molecular weight is 412 g/mol. The molecule has 1 nitrogen and oxygen atoms in total. The van der Waals surface area contributed by atoms with Gasteiger partial charge in [0.15, 0.2) is 5.78 Å². The van der Waals surface area contributed by atoms with Gasteiger partial charge in [-0.05, 0) is 59.0 Å². The molecule has 21 heavy (non-hydrogen) atoms. The summed E-state index contributed by atoms with van der Waals surface area (Å²) in [5.74, 6) is -2.75. The van der Waals surface area contributed by atoms with Crippen LogP contribution >= 0.6 is 22.6 Å². The van der Waals surface area contributed by atoms with E-state index in [1.807, 2.05) is 0 Å². The van der Waals surface area contributed by atoms with Gasteiger partial charge in [-0.1, -0.05) is 0 Å². The van der Waals surface area contributed by atoms with Gasteiger partial charge in [-0.3, -0.25) is 4.79 Å². The van der Waals surface area contributed by atoms with Gasteiger partial charge in [-0.15, -0.1) is 0 Å². The zero-order valence-corrected chi connectivity index (χ0v) is 12.3. The first-order valence-electron chi connectivity index (χ1n) is 5.56. The first kappa shape index (κ1) is 15.9. The van der Waals surface area contributed by atoms with Crippen LogP contribution in [0.3, 0.4) is 0 Å². The Balaban J connectivity index is 2.49. The molecule has 0 aliphatic carbocycles. The summed E-state index contributed by atoms with van der Waals surface area (Å²) >= 11 is 1.70. The number of rotatable bonds is 2. The van der Waals surface area contributed by atoms with Gasteiger partial charge >= 0.3 is 6.18 Å². The molecule has 0 heterocycles. The molecule has 0 aliphatic heterocycles. The molecule has 0 fully saturated rings. The number of carbonyl (C=O) groups excluding carboxylic acids is 1. The molecule has 0 amide bonds. The zero-order valence-electron chi connectivity index (χ0n) is 10.1. The second-order valence-electron chi connectivity index (χ2n) is 4.15. The van der Waals surface area contributed by atoms with Crippen LogP contribution in [0.5, 0.6) is 0 Å². The van der Waals surface area contributed by atoms with Crippen molar-refractivity contribution in [3.05, 3.63) is 68.3 Å². The Kier molecular flexibility index (Phi) is 4.31. The summed E-state index contributed by atoms with van der Waals surface area (Å²) in [5, 5.41) is 0. The number of hydrogen-bond donors (Lipinski definition) is 0. The molecule has 0 radical (unpaired) electrons. The molecule has 0 atom stereocenters. The van der Waals surface area contributed by atoms with Gasteiger partial charge in [0.1, 0.15) is 11.6 Å². The van der Waals surface area contributed by atoms with Crippen LogP contribution in [0.25, 0.3) is 0 Å². The number of halogens is 6. The van der Waals surface area contributed by atoms with Crippen LogP contribution in [0.4, 0.5) is 22.0 Å². The summed E-state index contributed by atoms with van der Waals surface area (Å²) in [6.45, 7) is 0. The zero-order chi connectivity index (χ0) is 15.8. The third-order valence-electron chi connectivity index (χ3n) is 2.71. The van der Waals surface area contributed by atoms with Crippen LogP contribution in [0.2, 0.25) is 0 Å². The van der Waals surface area contributed by atoms with Gasteiger partial charge in [0, 0.05) is 14.7 Å². The highest BCUT2D eigenvalue weighted by Crippen LogP contribution is 2.32. The molecular weight excluding hydrogens is 406 g/mol. The largest absolute Gasteiger partial charge is 0.419 e. The van der Waals surface area contributed by atoms with Crippen molar-refractivity contribution >= 4 is 28.4 Å². The van der Waals surface area contributed by atoms with Crippen molar-refractivity contribution in [1.82, 2.24) is 0 Å². The third-order valence-corrected chi connectivity index (χ3v) is 3.60. The predicted octanol–water partition coefficient (Wildman–Crippen LogP) is 4.82. The highest BCUT2D eigenvalue weighted by Gasteiger charge is 2.34. The Hall–Kier alpha value is -1.51. The molecular formula is C14H6F5IO. The summed E-state index contributed by atoms with van der Waals surface area (Å²) in [5.41, 5.74) is -1.77. The van der Waals surface area contributed by atoms with Crippen molar-refractivity contribution < 1.29 is 26.7 Å². The topological polar surface area (TPSA) is 17.1 Å². The normalized spacial score (nSPS) is 11.5. The minimum Gasteiger partial charge on any atom is -0.289 e. The van der Waals surface area contributed by atoms with Gasteiger partial charge in [0.25, 0.3) is 0 Å². The molecule has 0 bridgehead atoms. The van der Waals surface area contributed by atoms with Crippen molar-refractivity contribution in [3.8, 4) is 0 Å². The lowest BCUT2D eigenvalue weighted by Gasteiger charge is -2.10. The standard InChI is InChI=1S/C14H6F5IO/c15-8-2-3-9(12(20)6-8)13(21)7-1-4-11(16)10(5-7)14(17,18)19/h1-6H. The maximum Gasteiger partial charge on any atom is 0.419 e. The van der Waals surface area contributed by atoms with E-state index >= 15 is 0 Å². The fourth-order valence-corrected chi connectivity index (χ4v) is 2.44. The van der Waals surface area contributed by atoms with Crippen molar-refractivity contribution in [1.29, 1.82) is 0 Å². The third kappa shape index (κ3) is 3.39. The Morgan fingerprint density at radius 3 is 2.24 bits per heavy atom. The van der Waals surface area contributed by atoms with E-state index in [0.717, 1.165) is 18.2 Å². The molecule has 0 saturated heterocycles. The van der Waals surface area contributed by atoms with E-state index in [2.05, 4.69) is 0 Å². The first-order valence-corrected chi connectivity index (χ1v) is 6.64. The molecule has 0 N–H and O–H groups in total. The number of alkyl halides is 3. The molecule has 2 rings (SSSR count). The quantitative estimate of drug-likeness (QED) is 0.393. The Morgan fingerprint density at radius 1 is 1.00 bits per heavy atom. The second kappa shape index (κ2) is 5.70. The van der Waals surface area contributed by atoms with E-state index in [1.165, 1.54) is 6.07 Å². The lowest BCUT2D eigenvalue weighted by atomic mass is 10.0. The van der Waals surface area contributed by atoms with Gasteiger partial charge in [-0.25, -0.2) is 8.78 Å². The Morgan fingerprint density at radius 2 is 1.67 bits per heavy atom. The molecule has 0 spiro atoms. The average Bonchev–Trinajstić information content (AvgIpc) is 2.37. The number of carbonyl (C=O) groups is 1. The molecule has 0 aromatic heterocycles. The predicted molar refractivity (Wildman–Crippen MR) is 74.0 cm³/mol. The molecule has 0 saturated carbocycles. The van der Waals surface area contributed by atoms with E-state index in [1.54, 1.807) is 22.6 Å². The highest BCUT2D eigenvalue weighted by atomic mass is 127. The molecule has 0 unspecified atom stereocenters. The van der Waals surface area contributed by atoms with Crippen LogP contribution in [0.15, 0.2) is 36.4 Å².